The molecule has 3 N–H and O–H groups in total. The van der Waals surface area contributed by atoms with Crippen LogP contribution in [0.1, 0.15) is 25.3 Å². The molecule has 2 aliphatic rings. The van der Waals surface area contributed by atoms with Crippen molar-refractivity contribution in [3.05, 3.63) is 52.9 Å². The van der Waals surface area contributed by atoms with Crippen LogP contribution in [0.15, 0.2) is 47.3 Å². The number of likely N-dealkylation sites (N-methyl/N-ethyl adjacent to an activating group) is 1. The molecule has 44 heavy (non-hydrogen) atoms. The minimum Gasteiger partial charge on any atom is -0.494 e. The van der Waals surface area contributed by atoms with Gasteiger partial charge in [0, 0.05) is 79.6 Å². The molecule has 0 bridgehead atoms. The Morgan fingerprint density at radius 3 is 2.48 bits per heavy atom. The fraction of sp³-hybridized carbons (Fsp3) is 0.438. The summed E-state index contributed by atoms with van der Waals surface area (Å²) in [6, 6.07) is 9.47. The molecule has 0 unspecified atom stereocenters. The van der Waals surface area contributed by atoms with E-state index >= 15 is 0 Å². The molecule has 2 fully saturated rings. The van der Waals surface area contributed by atoms with Gasteiger partial charge in [-0.3, -0.25) is 14.9 Å². The maximum atomic E-state index is 5.84. The number of aryl methyl sites for hydroxylation is 1. The van der Waals surface area contributed by atoms with Gasteiger partial charge in [-0.25, -0.2) is 4.98 Å². The van der Waals surface area contributed by atoms with E-state index < -0.39 is 7.92 Å². The molecule has 232 valence electrons. The first-order valence-corrected chi connectivity index (χ1v) is 18.2. The van der Waals surface area contributed by atoms with Gasteiger partial charge < -0.3 is 25.6 Å². The number of hydrogen-bond donors (Lipinski definition) is 3. The standard InChI is InChI=1S/C32H41BrN9OP/c1-6-20-15-27(28(43-3)18-26(20)37-21-16-22(17-21)42-13-11-41(2)12-14-42)39-32-36-19-23(33)31(40-32)38-25-8-7-24-29(30(25)44(4)5)35-10-9-34-24/h7-10,15,18-19,21-22,37H,6,11-14,16-17H2,1-5H3,(H2,36,38,39,40). The number of piperazine rings is 1. The SMILES string of the molecule is CCc1cc(Nc2ncc(Br)c(Nc3ccc4nccnc4c3P(C)C)n2)c(OC)cc1NC1CC(N2CCN(C)CC2)C1. The highest BCUT2D eigenvalue weighted by molar-refractivity contribution is 9.10. The lowest BCUT2D eigenvalue weighted by Gasteiger charge is -2.46. The summed E-state index contributed by atoms with van der Waals surface area (Å²) in [7, 11) is 3.45. The molecule has 1 aliphatic heterocycles. The van der Waals surface area contributed by atoms with E-state index in [1.807, 2.05) is 12.1 Å². The summed E-state index contributed by atoms with van der Waals surface area (Å²) in [5.41, 5.74) is 5.97. The van der Waals surface area contributed by atoms with E-state index in [-0.39, 0.29) is 0 Å². The highest BCUT2D eigenvalue weighted by Gasteiger charge is 2.35. The average Bonchev–Trinajstić information content (AvgIpc) is 3.00. The van der Waals surface area contributed by atoms with E-state index in [1.165, 1.54) is 31.5 Å². The van der Waals surface area contributed by atoms with Gasteiger partial charge in [-0.15, -0.1) is 0 Å². The molecule has 0 atom stereocenters. The quantitative estimate of drug-likeness (QED) is 0.179. The van der Waals surface area contributed by atoms with Gasteiger partial charge in [-0.05, 0) is 79.3 Å². The summed E-state index contributed by atoms with van der Waals surface area (Å²) < 4.78 is 6.61. The molecule has 4 aromatic rings. The lowest BCUT2D eigenvalue weighted by molar-refractivity contribution is 0.0657. The first-order chi connectivity index (χ1) is 21.3. The largest absolute Gasteiger partial charge is 0.494 e. The van der Waals surface area contributed by atoms with Gasteiger partial charge in [0.05, 0.1) is 28.3 Å². The van der Waals surface area contributed by atoms with Gasteiger partial charge in [0.2, 0.25) is 5.95 Å². The first-order valence-electron chi connectivity index (χ1n) is 15.2. The van der Waals surface area contributed by atoms with Gasteiger partial charge in [0.25, 0.3) is 0 Å². The van der Waals surface area contributed by atoms with Crippen LogP contribution in [0, 0.1) is 0 Å². The van der Waals surface area contributed by atoms with Crippen molar-refractivity contribution in [3.8, 4) is 5.75 Å². The van der Waals surface area contributed by atoms with Gasteiger partial charge in [0.15, 0.2) is 0 Å². The zero-order chi connectivity index (χ0) is 30.8. The fourth-order valence-electron chi connectivity index (χ4n) is 6.07. The van der Waals surface area contributed by atoms with E-state index in [1.54, 1.807) is 25.7 Å². The molecule has 2 aromatic carbocycles. The molecular formula is C32H41BrN9OP. The molecule has 12 heteroatoms. The van der Waals surface area contributed by atoms with Crippen molar-refractivity contribution < 1.29 is 4.74 Å². The van der Waals surface area contributed by atoms with Gasteiger partial charge in [-0.2, -0.15) is 4.98 Å². The van der Waals surface area contributed by atoms with Crippen molar-refractivity contribution in [2.45, 2.75) is 38.3 Å². The second-order valence-electron chi connectivity index (χ2n) is 11.8. The normalized spacial score (nSPS) is 19.2. The van der Waals surface area contributed by atoms with Crippen LogP contribution >= 0.6 is 23.9 Å². The average molecular weight is 679 g/mol. The molecule has 1 aliphatic carbocycles. The summed E-state index contributed by atoms with van der Waals surface area (Å²) in [6.07, 6.45) is 8.49. The first kappa shape index (κ1) is 30.9. The number of ether oxygens (including phenoxy) is 1. The molecule has 1 saturated heterocycles. The number of nitrogens with one attached hydrogen (secondary N) is 3. The Morgan fingerprint density at radius 1 is 0.977 bits per heavy atom. The number of halogens is 1. The Kier molecular flexibility index (Phi) is 9.47. The predicted octanol–water partition coefficient (Wildman–Crippen LogP) is 5.80. The Balaban J connectivity index is 1.19. The van der Waals surface area contributed by atoms with E-state index in [0.717, 1.165) is 63.1 Å². The fourth-order valence-corrected chi connectivity index (χ4v) is 7.57. The number of methoxy groups -OCH3 is 1. The smallest absolute Gasteiger partial charge is 0.229 e. The van der Waals surface area contributed by atoms with Crippen molar-refractivity contribution in [2.24, 2.45) is 0 Å². The highest BCUT2D eigenvalue weighted by Crippen LogP contribution is 2.38. The van der Waals surface area contributed by atoms with E-state index in [2.05, 4.69) is 96.1 Å². The van der Waals surface area contributed by atoms with Crippen LogP contribution in [-0.2, 0) is 6.42 Å². The van der Waals surface area contributed by atoms with Crippen LogP contribution in [0.2, 0.25) is 0 Å². The van der Waals surface area contributed by atoms with Crippen LogP contribution in [0.4, 0.5) is 28.8 Å². The van der Waals surface area contributed by atoms with Crippen LogP contribution in [0.3, 0.4) is 0 Å². The number of nitrogens with zero attached hydrogens (tertiary/aromatic N) is 6. The summed E-state index contributed by atoms with van der Waals surface area (Å²) in [6.45, 7) is 11.3. The van der Waals surface area contributed by atoms with Crippen molar-refractivity contribution >= 4 is 69.0 Å². The van der Waals surface area contributed by atoms with Crippen LogP contribution in [0.5, 0.6) is 5.75 Å². The van der Waals surface area contributed by atoms with E-state index in [0.29, 0.717) is 23.8 Å². The van der Waals surface area contributed by atoms with Crippen molar-refractivity contribution in [1.29, 1.82) is 0 Å². The predicted molar refractivity (Wildman–Crippen MR) is 186 cm³/mol. The Bertz CT molecular complexity index is 1620. The maximum absolute atomic E-state index is 5.84. The molecule has 3 heterocycles. The summed E-state index contributed by atoms with van der Waals surface area (Å²) in [5, 5.41) is 11.9. The van der Waals surface area contributed by atoms with Crippen molar-refractivity contribution in [2.75, 3.05) is 69.6 Å². The zero-order valence-electron chi connectivity index (χ0n) is 26.1. The molecule has 0 spiro atoms. The van der Waals surface area contributed by atoms with Gasteiger partial charge in [0.1, 0.15) is 11.6 Å². The number of hydrogen-bond acceptors (Lipinski definition) is 10. The second kappa shape index (κ2) is 13.5. The molecule has 6 rings (SSSR count). The molecule has 0 radical (unpaired) electrons. The van der Waals surface area contributed by atoms with Gasteiger partial charge in [-0.1, -0.05) is 14.8 Å². The molecule has 0 amide bonds. The minimum absolute atomic E-state index is 0.462. The third-order valence-electron chi connectivity index (χ3n) is 8.64. The van der Waals surface area contributed by atoms with E-state index in [4.69, 9.17) is 9.72 Å². The highest BCUT2D eigenvalue weighted by atomic mass is 79.9. The van der Waals surface area contributed by atoms with Crippen LogP contribution in [0.25, 0.3) is 11.0 Å². The van der Waals surface area contributed by atoms with Crippen molar-refractivity contribution in [3.63, 3.8) is 0 Å². The minimum atomic E-state index is -0.462. The van der Waals surface area contributed by atoms with E-state index in [9.17, 15) is 0 Å². The number of anilines is 5. The van der Waals surface area contributed by atoms with Crippen molar-refractivity contribution in [1.82, 2.24) is 29.7 Å². The molecule has 10 nitrogen and oxygen atoms in total. The molecular weight excluding hydrogens is 637 g/mol. The van der Waals surface area contributed by atoms with Crippen LogP contribution < -0.4 is 26.0 Å². The third-order valence-corrected chi connectivity index (χ3v) is 10.6. The summed E-state index contributed by atoms with van der Waals surface area (Å²) >= 11 is 3.64. The lowest BCUT2D eigenvalue weighted by Crippen LogP contribution is -2.55. The number of benzene rings is 2. The Morgan fingerprint density at radius 2 is 1.75 bits per heavy atom. The third kappa shape index (κ3) is 6.61. The monoisotopic (exact) mass is 677 g/mol. The number of fused-ring (bicyclic) bond motifs is 1. The van der Waals surface area contributed by atoms with Gasteiger partial charge >= 0.3 is 0 Å². The lowest BCUT2D eigenvalue weighted by atomic mass is 9.84. The molecule has 1 saturated carbocycles. The second-order valence-corrected chi connectivity index (χ2v) is 14.9. The Labute approximate surface area is 269 Å². The Hall–Kier alpha value is -3.11. The molecule has 2 aromatic heterocycles. The number of aromatic nitrogens is 4. The zero-order valence-corrected chi connectivity index (χ0v) is 28.5. The topological polar surface area (TPSA) is 103 Å². The maximum Gasteiger partial charge on any atom is 0.229 e. The summed E-state index contributed by atoms with van der Waals surface area (Å²) in [5.74, 6) is 1.89. The van der Waals surface area contributed by atoms with Crippen LogP contribution in [-0.4, -0.2) is 95.5 Å². The number of rotatable bonds is 10. The summed E-state index contributed by atoms with van der Waals surface area (Å²) in [4.78, 5) is 23.6.